The summed E-state index contributed by atoms with van der Waals surface area (Å²) < 4.78 is 5.72. The molecular formula is C27H28Cl2N2O3. The second-order valence-corrected chi connectivity index (χ2v) is 8.67. The molecule has 0 saturated heterocycles. The monoisotopic (exact) mass is 498 g/mol. The summed E-state index contributed by atoms with van der Waals surface area (Å²) in [7, 11) is 0. The molecule has 0 aliphatic carbocycles. The van der Waals surface area contributed by atoms with E-state index in [1.165, 1.54) is 4.90 Å². The molecule has 0 saturated carbocycles. The minimum atomic E-state index is -0.823. The second kappa shape index (κ2) is 13.0. The van der Waals surface area contributed by atoms with Crippen LogP contribution < -0.4 is 10.1 Å². The van der Waals surface area contributed by atoms with Gasteiger partial charge in [-0.1, -0.05) is 91.1 Å². The molecule has 0 spiro atoms. The average molecular weight is 499 g/mol. The molecule has 3 rings (SSSR count). The van der Waals surface area contributed by atoms with Crippen LogP contribution in [0.15, 0.2) is 78.9 Å². The van der Waals surface area contributed by atoms with Crippen LogP contribution in [0.3, 0.4) is 0 Å². The van der Waals surface area contributed by atoms with Crippen LogP contribution in [-0.4, -0.2) is 29.9 Å². The molecule has 0 aliphatic rings. The van der Waals surface area contributed by atoms with Crippen LogP contribution in [0.5, 0.6) is 5.75 Å². The van der Waals surface area contributed by atoms with Crippen LogP contribution >= 0.6 is 23.2 Å². The summed E-state index contributed by atoms with van der Waals surface area (Å²) in [5, 5.41) is 3.99. The number of rotatable bonds is 11. The number of amides is 2. The van der Waals surface area contributed by atoms with Crippen molar-refractivity contribution in [2.45, 2.75) is 32.4 Å². The molecule has 0 aromatic heterocycles. The Morgan fingerprint density at radius 3 is 2.29 bits per heavy atom. The fourth-order valence-electron chi connectivity index (χ4n) is 3.49. The van der Waals surface area contributed by atoms with Gasteiger partial charge in [0.05, 0.1) is 5.02 Å². The summed E-state index contributed by atoms with van der Waals surface area (Å²) >= 11 is 12.2. The number of hydrogen-bond acceptors (Lipinski definition) is 3. The zero-order valence-electron chi connectivity index (χ0n) is 19.0. The second-order valence-electron chi connectivity index (χ2n) is 7.83. The molecule has 3 aromatic carbocycles. The number of carbonyl (C=O) groups excluding carboxylic acids is 2. The Balaban J connectivity index is 1.91. The van der Waals surface area contributed by atoms with E-state index in [2.05, 4.69) is 12.2 Å². The van der Waals surface area contributed by atoms with Crippen molar-refractivity contribution < 1.29 is 14.3 Å². The van der Waals surface area contributed by atoms with Crippen molar-refractivity contribution in [3.8, 4) is 5.75 Å². The van der Waals surface area contributed by atoms with Crippen LogP contribution in [0.25, 0.3) is 0 Å². The summed E-state index contributed by atoms with van der Waals surface area (Å²) in [4.78, 5) is 28.4. The summed E-state index contributed by atoms with van der Waals surface area (Å²) in [6, 6.07) is 22.6. The first-order valence-corrected chi connectivity index (χ1v) is 12.0. The molecule has 0 heterocycles. The highest BCUT2D eigenvalue weighted by molar-refractivity contribution is 6.32. The molecule has 5 nitrogen and oxygen atoms in total. The van der Waals surface area contributed by atoms with Crippen molar-refractivity contribution in [3.63, 3.8) is 0 Å². The molecule has 0 aliphatic heterocycles. The quantitative estimate of drug-likeness (QED) is 0.327. The van der Waals surface area contributed by atoms with Gasteiger partial charge in [-0.05, 0) is 41.8 Å². The number of halogens is 2. The Morgan fingerprint density at radius 1 is 0.941 bits per heavy atom. The van der Waals surface area contributed by atoms with Crippen molar-refractivity contribution in [1.82, 2.24) is 10.2 Å². The Kier molecular flexibility index (Phi) is 9.80. The van der Waals surface area contributed by atoms with Gasteiger partial charge in [-0.2, -0.15) is 0 Å². The van der Waals surface area contributed by atoms with Crippen LogP contribution in [0.2, 0.25) is 10.0 Å². The van der Waals surface area contributed by atoms with Gasteiger partial charge in [0.15, 0.2) is 6.61 Å². The number of hydrogen-bond donors (Lipinski definition) is 1. The number of ether oxygens (including phenoxy) is 1. The predicted octanol–water partition coefficient (Wildman–Crippen LogP) is 6.06. The fourth-order valence-corrected chi connectivity index (χ4v) is 3.80. The van der Waals surface area contributed by atoms with E-state index in [1.807, 2.05) is 42.5 Å². The van der Waals surface area contributed by atoms with Crippen LogP contribution in [0.4, 0.5) is 0 Å². The fraction of sp³-hybridized carbons (Fsp3) is 0.259. The molecule has 1 atom stereocenters. The van der Waals surface area contributed by atoms with Crippen LogP contribution in [-0.2, 0) is 16.1 Å². The predicted molar refractivity (Wildman–Crippen MR) is 136 cm³/mol. The zero-order chi connectivity index (χ0) is 24.3. The van der Waals surface area contributed by atoms with Crippen molar-refractivity contribution in [3.05, 3.63) is 100 Å². The largest absolute Gasteiger partial charge is 0.482 e. The first-order valence-electron chi connectivity index (χ1n) is 11.2. The lowest BCUT2D eigenvalue weighted by atomic mass is 10.0. The van der Waals surface area contributed by atoms with Crippen molar-refractivity contribution in [1.29, 1.82) is 0 Å². The van der Waals surface area contributed by atoms with E-state index < -0.39 is 6.04 Å². The van der Waals surface area contributed by atoms with E-state index >= 15 is 0 Å². The summed E-state index contributed by atoms with van der Waals surface area (Å²) in [6.07, 6.45) is 1.81. The van der Waals surface area contributed by atoms with Gasteiger partial charge in [0, 0.05) is 18.1 Å². The lowest BCUT2D eigenvalue weighted by Gasteiger charge is -2.31. The third-order valence-electron chi connectivity index (χ3n) is 5.28. The standard InChI is InChI=1S/C27H28Cl2N2O3/c1-2-3-17-30-27(33)26(21-9-5-4-6-10-21)31(18-20-13-15-22(28)16-14-20)25(32)19-34-24-12-8-7-11-23(24)29/h4-16,26H,2-3,17-19H2,1H3,(H,30,33)/t26-/m1/s1. The average Bonchev–Trinajstić information content (AvgIpc) is 2.85. The molecule has 0 fully saturated rings. The normalized spacial score (nSPS) is 11.5. The highest BCUT2D eigenvalue weighted by Gasteiger charge is 2.31. The molecule has 34 heavy (non-hydrogen) atoms. The number of unbranched alkanes of at least 4 members (excludes halogenated alkanes) is 1. The number of para-hydroxylation sites is 1. The number of nitrogens with one attached hydrogen (secondary N) is 1. The highest BCUT2D eigenvalue weighted by Crippen LogP contribution is 2.26. The maximum Gasteiger partial charge on any atom is 0.261 e. The first kappa shape index (κ1) is 25.6. The maximum atomic E-state index is 13.5. The highest BCUT2D eigenvalue weighted by atomic mass is 35.5. The summed E-state index contributed by atoms with van der Waals surface area (Å²) in [5.74, 6) is -0.165. The molecule has 1 N–H and O–H groups in total. The van der Waals surface area contributed by atoms with E-state index in [1.54, 1.807) is 36.4 Å². The van der Waals surface area contributed by atoms with Crippen molar-refractivity contribution in [2.75, 3.05) is 13.2 Å². The third-order valence-corrected chi connectivity index (χ3v) is 5.84. The van der Waals surface area contributed by atoms with E-state index in [-0.39, 0.29) is 25.0 Å². The van der Waals surface area contributed by atoms with Gasteiger partial charge in [0.2, 0.25) is 5.91 Å². The van der Waals surface area contributed by atoms with Gasteiger partial charge in [0.25, 0.3) is 5.91 Å². The van der Waals surface area contributed by atoms with Crippen LogP contribution in [0.1, 0.15) is 36.9 Å². The van der Waals surface area contributed by atoms with E-state index in [4.69, 9.17) is 27.9 Å². The minimum absolute atomic E-state index is 0.211. The molecule has 7 heteroatoms. The van der Waals surface area contributed by atoms with Gasteiger partial charge in [0.1, 0.15) is 11.8 Å². The maximum absolute atomic E-state index is 13.5. The lowest BCUT2D eigenvalue weighted by Crippen LogP contribution is -2.45. The van der Waals surface area contributed by atoms with Gasteiger partial charge in [-0.3, -0.25) is 9.59 Å². The molecule has 0 bridgehead atoms. The van der Waals surface area contributed by atoms with Crippen molar-refractivity contribution in [2.24, 2.45) is 0 Å². The molecule has 0 unspecified atom stereocenters. The number of benzene rings is 3. The Hall–Kier alpha value is -3.02. The minimum Gasteiger partial charge on any atom is -0.482 e. The van der Waals surface area contributed by atoms with Crippen LogP contribution in [0, 0.1) is 0 Å². The Labute approximate surface area is 210 Å². The van der Waals surface area contributed by atoms with E-state index in [0.717, 1.165) is 24.0 Å². The first-order chi connectivity index (χ1) is 16.5. The van der Waals surface area contributed by atoms with E-state index in [0.29, 0.717) is 22.3 Å². The third kappa shape index (κ3) is 7.24. The van der Waals surface area contributed by atoms with E-state index in [9.17, 15) is 9.59 Å². The molecular weight excluding hydrogens is 471 g/mol. The van der Waals surface area contributed by atoms with Gasteiger partial charge in [-0.15, -0.1) is 0 Å². The Bertz CT molecular complexity index is 1070. The lowest BCUT2D eigenvalue weighted by molar-refractivity contribution is -0.143. The van der Waals surface area contributed by atoms with Gasteiger partial charge < -0.3 is 15.0 Å². The number of carbonyl (C=O) groups is 2. The number of nitrogens with zero attached hydrogens (tertiary/aromatic N) is 1. The molecule has 3 aromatic rings. The molecule has 2 amide bonds. The molecule has 178 valence electrons. The smallest absolute Gasteiger partial charge is 0.261 e. The SMILES string of the molecule is CCCCNC(=O)[C@@H](c1ccccc1)N(Cc1ccc(Cl)cc1)C(=O)COc1ccccc1Cl. The Morgan fingerprint density at radius 2 is 1.62 bits per heavy atom. The summed E-state index contributed by atoms with van der Waals surface area (Å²) in [5.41, 5.74) is 1.56. The topological polar surface area (TPSA) is 58.6 Å². The zero-order valence-corrected chi connectivity index (χ0v) is 20.6. The van der Waals surface area contributed by atoms with Crippen molar-refractivity contribution >= 4 is 35.0 Å². The van der Waals surface area contributed by atoms with Gasteiger partial charge in [-0.25, -0.2) is 0 Å². The summed E-state index contributed by atoms with van der Waals surface area (Å²) in [6.45, 7) is 2.55. The van der Waals surface area contributed by atoms with Gasteiger partial charge >= 0.3 is 0 Å². The molecule has 0 radical (unpaired) electrons.